The van der Waals surface area contributed by atoms with E-state index in [4.69, 9.17) is 5.11 Å². The zero-order valence-electron chi connectivity index (χ0n) is 12.5. The minimum atomic E-state index is -4.80. The molecule has 2 N–H and O–H groups in total. The van der Waals surface area contributed by atoms with Crippen molar-refractivity contribution in [2.45, 2.75) is 19.3 Å². The second-order valence-corrected chi connectivity index (χ2v) is 5.02. The summed E-state index contributed by atoms with van der Waals surface area (Å²) in [5, 5.41) is 11.4. The van der Waals surface area contributed by atoms with Gasteiger partial charge in [-0.3, -0.25) is 0 Å². The van der Waals surface area contributed by atoms with Crippen LogP contribution in [0.5, 0.6) is 0 Å². The number of rotatable bonds is 3. The molecule has 10 heteroatoms. The molecule has 1 heterocycles. The number of alkyl halides is 6. The molecular weight excluding hydrogens is 354 g/mol. The maximum atomic E-state index is 12.9. The van der Waals surface area contributed by atoms with E-state index in [1.165, 1.54) is 6.07 Å². The van der Waals surface area contributed by atoms with E-state index in [-0.39, 0.29) is 11.3 Å². The SMILES string of the molecule is Cc1c(Nc2ncc(C(F)(F)F)cc2C(=O)O)cccc1C(F)(F)F. The number of aromatic nitrogens is 1. The normalized spacial score (nSPS) is 12.1. The van der Waals surface area contributed by atoms with Crippen LogP contribution in [0.15, 0.2) is 30.5 Å². The molecular formula is C15H10F6N2O2. The lowest BCUT2D eigenvalue weighted by Gasteiger charge is -2.16. The van der Waals surface area contributed by atoms with Gasteiger partial charge in [0.2, 0.25) is 0 Å². The van der Waals surface area contributed by atoms with Gasteiger partial charge in [-0.25, -0.2) is 9.78 Å². The molecule has 0 aliphatic rings. The summed E-state index contributed by atoms with van der Waals surface area (Å²) in [6.07, 6.45) is -9.04. The number of aromatic carboxylic acids is 1. The Bertz CT molecular complexity index is 815. The molecule has 2 rings (SSSR count). The van der Waals surface area contributed by atoms with Crippen molar-refractivity contribution >= 4 is 17.5 Å². The van der Waals surface area contributed by atoms with Crippen molar-refractivity contribution in [3.63, 3.8) is 0 Å². The van der Waals surface area contributed by atoms with Crippen LogP contribution in [0.3, 0.4) is 0 Å². The highest BCUT2D eigenvalue weighted by Gasteiger charge is 2.34. The molecule has 1 aromatic heterocycles. The molecule has 0 bridgehead atoms. The van der Waals surface area contributed by atoms with Gasteiger partial charge in [-0.2, -0.15) is 26.3 Å². The minimum Gasteiger partial charge on any atom is -0.478 e. The molecule has 0 atom stereocenters. The smallest absolute Gasteiger partial charge is 0.417 e. The number of benzene rings is 1. The highest BCUT2D eigenvalue weighted by molar-refractivity contribution is 5.94. The Balaban J connectivity index is 2.50. The molecule has 0 aliphatic carbocycles. The fourth-order valence-electron chi connectivity index (χ4n) is 2.09. The van der Waals surface area contributed by atoms with Gasteiger partial charge in [-0.1, -0.05) is 6.07 Å². The molecule has 4 nitrogen and oxygen atoms in total. The number of hydrogen-bond donors (Lipinski definition) is 2. The first-order valence-corrected chi connectivity index (χ1v) is 6.65. The van der Waals surface area contributed by atoms with Crippen LogP contribution in [0, 0.1) is 6.92 Å². The molecule has 0 amide bonds. The van der Waals surface area contributed by atoms with Crippen LogP contribution >= 0.6 is 0 Å². The molecule has 25 heavy (non-hydrogen) atoms. The maximum absolute atomic E-state index is 12.9. The number of carboxylic acid groups (broad SMARTS) is 1. The fraction of sp³-hybridized carbons (Fsp3) is 0.200. The summed E-state index contributed by atoms with van der Waals surface area (Å²) in [6, 6.07) is 3.51. The number of nitrogens with zero attached hydrogens (tertiary/aromatic N) is 1. The number of hydrogen-bond acceptors (Lipinski definition) is 3. The largest absolute Gasteiger partial charge is 0.478 e. The van der Waals surface area contributed by atoms with Crippen LogP contribution in [0.4, 0.5) is 37.8 Å². The number of carboxylic acids is 1. The van der Waals surface area contributed by atoms with E-state index in [1.807, 2.05) is 0 Å². The summed E-state index contributed by atoms with van der Waals surface area (Å²) in [7, 11) is 0. The molecule has 0 spiro atoms. The Morgan fingerprint density at radius 3 is 2.28 bits per heavy atom. The first-order chi connectivity index (χ1) is 11.4. The highest BCUT2D eigenvalue weighted by Crippen LogP contribution is 2.36. The standard InChI is InChI=1S/C15H10F6N2O2/c1-7-10(15(19,20)21)3-2-4-11(7)23-12-9(13(24)25)5-8(6-22-12)14(16,17)18/h2-6H,1H3,(H,22,23)(H,24,25). The molecule has 134 valence electrons. The predicted molar refractivity (Wildman–Crippen MR) is 75.7 cm³/mol. The second-order valence-electron chi connectivity index (χ2n) is 5.02. The van der Waals surface area contributed by atoms with E-state index in [2.05, 4.69) is 10.3 Å². The first-order valence-electron chi connectivity index (χ1n) is 6.65. The summed E-state index contributed by atoms with van der Waals surface area (Å²) in [6.45, 7) is 1.15. The van der Waals surface area contributed by atoms with Crippen molar-refractivity contribution in [3.8, 4) is 0 Å². The number of anilines is 2. The van der Waals surface area contributed by atoms with E-state index in [0.29, 0.717) is 12.3 Å². The summed E-state index contributed by atoms with van der Waals surface area (Å²) in [4.78, 5) is 14.6. The third kappa shape index (κ3) is 4.01. The van der Waals surface area contributed by atoms with E-state index < -0.39 is 40.8 Å². The van der Waals surface area contributed by atoms with Crippen molar-refractivity contribution in [2.75, 3.05) is 5.32 Å². The Kier molecular flexibility index (Phi) is 4.65. The van der Waals surface area contributed by atoms with Crippen LogP contribution in [0.1, 0.15) is 27.0 Å². The molecule has 1 aromatic carbocycles. The Hall–Kier alpha value is -2.78. The monoisotopic (exact) mass is 364 g/mol. The van der Waals surface area contributed by atoms with Gasteiger partial charge in [0.05, 0.1) is 11.1 Å². The summed E-state index contributed by atoms with van der Waals surface area (Å²) >= 11 is 0. The molecule has 0 fully saturated rings. The predicted octanol–water partition coefficient (Wildman–Crippen LogP) is 4.87. The summed E-state index contributed by atoms with van der Waals surface area (Å²) in [5.74, 6) is -2.20. The van der Waals surface area contributed by atoms with Crippen molar-refractivity contribution in [3.05, 3.63) is 52.7 Å². The molecule has 0 unspecified atom stereocenters. The lowest BCUT2D eigenvalue weighted by atomic mass is 10.1. The number of carbonyl (C=O) groups is 1. The Labute approximate surface area is 137 Å². The second kappa shape index (κ2) is 6.26. The van der Waals surface area contributed by atoms with E-state index >= 15 is 0 Å². The Morgan fingerprint density at radius 2 is 1.76 bits per heavy atom. The van der Waals surface area contributed by atoms with Crippen molar-refractivity contribution in [2.24, 2.45) is 0 Å². The van der Waals surface area contributed by atoms with Crippen molar-refractivity contribution in [1.29, 1.82) is 0 Å². The van der Waals surface area contributed by atoms with Gasteiger partial charge in [0.1, 0.15) is 11.4 Å². The lowest BCUT2D eigenvalue weighted by Crippen LogP contribution is -2.13. The summed E-state index contributed by atoms with van der Waals surface area (Å²) < 4.78 is 76.7. The quantitative estimate of drug-likeness (QED) is 0.763. The first kappa shape index (κ1) is 18.6. The Morgan fingerprint density at radius 1 is 1.12 bits per heavy atom. The third-order valence-electron chi connectivity index (χ3n) is 3.34. The lowest BCUT2D eigenvalue weighted by molar-refractivity contribution is -0.138. The average molecular weight is 364 g/mol. The molecule has 0 saturated carbocycles. The highest BCUT2D eigenvalue weighted by atomic mass is 19.4. The average Bonchev–Trinajstić information content (AvgIpc) is 2.47. The molecule has 2 aromatic rings. The van der Waals surface area contributed by atoms with E-state index in [1.54, 1.807) is 0 Å². The minimum absolute atomic E-state index is 0.121. The van der Waals surface area contributed by atoms with E-state index in [9.17, 15) is 31.1 Å². The third-order valence-corrected chi connectivity index (χ3v) is 3.34. The van der Waals surface area contributed by atoms with Crippen LogP contribution in [-0.4, -0.2) is 16.1 Å². The number of pyridine rings is 1. The summed E-state index contributed by atoms with van der Waals surface area (Å²) in [5.41, 5.74) is -3.42. The van der Waals surface area contributed by atoms with Gasteiger partial charge in [0.15, 0.2) is 0 Å². The molecule has 0 saturated heterocycles. The molecule has 0 aliphatic heterocycles. The van der Waals surface area contributed by atoms with Gasteiger partial charge < -0.3 is 10.4 Å². The fourth-order valence-corrected chi connectivity index (χ4v) is 2.09. The van der Waals surface area contributed by atoms with Crippen LogP contribution in [0.25, 0.3) is 0 Å². The van der Waals surface area contributed by atoms with E-state index in [0.717, 1.165) is 19.1 Å². The topological polar surface area (TPSA) is 62.2 Å². The maximum Gasteiger partial charge on any atom is 0.417 e. The van der Waals surface area contributed by atoms with Crippen LogP contribution < -0.4 is 5.32 Å². The number of nitrogens with one attached hydrogen (secondary N) is 1. The van der Waals surface area contributed by atoms with Gasteiger partial charge in [-0.05, 0) is 30.7 Å². The van der Waals surface area contributed by atoms with Crippen LogP contribution in [-0.2, 0) is 12.4 Å². The van der Waals surface area contributed by atoms with Gasteiger partial charge in [-0.15, -0.1) is 0 Å². The van der Waals surface area contributed by atoms with Gasteiger partial charge in [0, 0.05) is 11.9 Å². The van der Waals surface area contributed by atoms with Crippen molar-refractivity contribution in [1.82, 2.24) is 4.98 Å². The van der Waals surface area contributed by atoms with Gasteiger partial charge >= 0.3 is 18.3 Å². The van der Waals surface area contributed by atoms with Gasteiger partial charge in [0.25, 0.3) is 0 Å². The number of halogens is 6. The van der Waals surface area contributed by atoms with Crippen LogP contribution in [0.2, 0.25) is 0 Å². The zero-order valence-corrected chi connectivity index (χ0v) is 12.5. The molecule has 0 radical (unpaired) electrons. The zero-order chi connectivity index (χ0) is 19.0. The van der Waals surface area contributed by atoms with Crippen molar-refractivity contribution < 1.29 is 36.2 Å².